The molecule has 114 valence electrons. The molecule has 3 fully saturated rings. The molecule has 3 saturated carbocycles. The molecular formula is C20H23NO. The van der Waals surface area contributed by atoms with E-state index in [2.05, 4.69) is 48.3 Å². The molecule has 0 radical (unpaired) electrons. The van der Waals surface area contributed by atoms with Crippen molar-refractivity contribution >= 4 is 0 Å². The summed E-state index contributed by atoms with van der Waals surface area (Å²) in [5.74, 6) is 2.59. The van der Waals surface area contributed by atoms with Crippen LogP contribution in [0.15, 0.2) is 42.6 Å². The zero-order chi connectivity index (χ0) is 14.9. The molecule has 22 heavy (non-hydrogen) atoms. The van der Waals surface area contributed by atoms with Gasteiger partial charge in [-0.1, -0.05) is 29.8 Å². The largest absolute Gasteiger partial charge is 0.489 e. The molecule has 2 nitrogen and oxygen atoms in total. The van der Waals surface area contributed by atoms with Gasteiger partial charge in [-0.2, -0.15) is 0 Å². The van der Waals surface area contributed by atoms with E-state index in [1.165, 1.54) is 37.7 Å². The predicted molar refractivity (Wildman–Crippen MR) is 88.9 cm³/mol. The van der Waals surface area contributed by atoms with E-state index in [4.69, 9.17) is 4.74 Å². The molecule has 2 aromatic rings. The summed E-state index contributed by atoms with van der Waals surface area (Å²) in [6, 6.07) is 12.6. The summed E-state index contributed by atoms with van der Waals surface area (Å²) < 4.78 is 6.24. The summed E-state index contributed by atoms with van der Waals surface area (Å²) in [5, 5.41) is 0. The number of aryl methyl sites for hydroxylation is 1. The topological polar surface area (TPSA) is 22.1 Å². The summed E-state index contributed by atoms with van der Waals surface area (Å²) in [6.07, 6.45) is 9.07. The average molecular weight is 293 g/mol. The molecule has 2 heteroatoms. The Hall–Kier alpha value is -1.83. The highest BCUT2D eigenvalue weighted by Gasteiger charge is 2.36. The number of rotatable bonds is 3. The van der Waals surface area contributed by atoms with Crippen molar-refractivity contribution < 1.29 is 4.74 Å². The van der Waals surface area contributed by atoms with Gasteiger partial charge in [0, 0.05) is 5.56 Å². The molecule has 1 aromatic heterocycles. The van der Waals surface area contributed by atoms with Crippen LogP contribution in [0.5, 0.6) is 5.75 Å². The van der Waals surface area contributed by atoms with Crippen molar-refractivity contribution in [2.45, 2.75) is 45.1 Å². The Labute approximate surface area is 132 Å². The molecule has 1 heterocycles. The fraction of sp³-hybridized carbons (Fsp3) is 0.450. The second-order valence-electron chi connectivity index (χ2n) is 6.92. The van der Waals surface area contributed by atoms with Crippen molar-refractivity contribution in [1.29, 1.82) is 0 Å². The normalized spacial score (nSPS) is 26.9. The molecule has 2 bridgehead atoms. The zero-order valence-electron chi connectivity index (χ0n) is 13.2. The fourth-order valence-electron chi connectivity index (χ4n) is 3.98. The first-order valence-electron chi connectivity index (χ1n) is 8.48. The van der Waals surface area contributed by atoms with Crippen LogP contribution in [0.1, 0.15) is 37.7 Å². The molecule has 0 spiro atoms. The van der Waals surface area contributed by atoms with E-state index in [1.54, 1.807) is 0 Å². The third kappa shape index (κ3) is 2.75. The quantitative estimate of drug-likeness (QED) is 0.793. The van der Waals surface area contributed by atoms with Crippen LogP contribution in [0.2, 0.25) is 0 Å². The maximum atomic E-state index is 6.24. The van der Waals surface area contributed by atoms with Crippen LogP contribution in [-0.4, -0.2) is 11.1 Å². The van der Waals surface area contributed by atoms with Gasteiger partial charge in [-0.05, 0) is 63.0 Å². The van der Waals surface area contributed by atoms with Crippen LogP contribution in [-0.2, 0) is 0 Å². The van der Waals surface area contributed by atoms with Gasteiger partial charge < -0.3 is 4.74 Å². The summed E-state index contributed by atoms with van der Waals surface area (Å²) in [5.41, 5.74) is 3.45. The van der Waals surface area contributed by atoms with Gasteiger partial charge >= 0.3 is 0 Å². The molecule has 0 aliphatic heterocycles. The Balaban J connectivity index is 1.46. The van der Waals surface area contributed by atoms with Crippen LogP contribution in [0.25, 0.3) is 11.3 Å². The van der Waals surface area contributed by atoms with Gasteiger partial charge in [0.25, 0.3) is 0 Å². The Morgan fingerprint density at radius 1 is 0.955 bits per heavy atom. The van der Waals surface area contributed by atoms with Crippen molar-refractivity contribution in [3.8, 4) is 17.0 Å². The van der Waals surface area contributed by atoms with Crippen molar-refractivity contribution in [1.82, 2.24) is 4.98 Å². The first kappa shape index (κ1) is 13.8. The van der Waals surface area contributed by atoms with Crippen LogP contribution in [0.4, 0.5) is 0 Å². The molecule has 1 aromatic carbocycles. The number of pyridine rings is 1. The maximum absolute atomic E-state index is 6.24. The number of fused-ring (bicyclic) bond motifs is 3. The number of hydrogen-bond acceptors (Lipinski definition) is 2. The van der Waals surface area contributed by atoms with Crippen molar-refractivity contribution in [3.63, 3.8) is 0 Å². The van der Waals surface area contributed by atoms with E-state index in [0.717, 1.165) is 28.8 Å². The third-order valence-corrected chi connectivity index (χ3v) is 5.35. The molecule has 5 rings (SSSR count). The standard InChI is InChI=1S/C20H23NO/c1-14-2-6-16(7-3-14)19-11-10-18(13-21-19)22-20-12-15-4-8-17(20)9-5-15/h2-3,6-7,10-11,13,15,17,20H,4-5,8-9,12H2,1H3/t15?,17?,20-/m1/s1. The summed E-state index contributed by atoms with van der Waals surface area (Å²) in [7, 11) is 0. The lowest BCUT2D eigenvalue weighted by Gasteiger charge is -2.42. The fourth-order valence-corrected chi connectivity index (χ4v) is 3.98. The minimum atomic E-state index is 0.416. The number of hydrogen-bond donors (Lipinski definition) is 0. The van der Waals surface area contributed by atoms with Gasteiger partial charge in [0.15, 0.2) is 0 Å². The van der Waals surface area contributed by atoms with E-state index in [-0.39, 0.29) is 0 Å². The Morgan fingerprint density at radius 2 is 1.73 bits per heavy atom. The Kier molecular flexibility index (Phi) is 3.61. The molecule has 1 atom stereocenters. The van der Waals surface area contributed by atoms with Gasteiger partial charge in [0.05, 0.1) is 11.9 Å². The predicted octanol–water partition coefficient (Wildman–Crippen LogP) is 5.01. The summed E-state index contributed by atoms with van der Waals surface area (Å²) in [4.78, 5) is 4.58. The number of benzene rings is 1. The van der Waals surface area contributed by atoms with Crippen LogP contribution in [0.3, 0.4) is 0 Å². The average Bonchev–Trinajstić information content (AvgIpc) is 2.58. The van der Waals surface area contributed by atoms with E-state index in [0.29, 0.717) is 6.10 Å². The molecule has 0 amide bonds. The molecule has 0 N–H and O–H groups in total. The van der Waals surface area contributed by atoms with E-state index in [1.807, 2.05) is 6.20 Å². The Bertz CT molecular complexity index is 624. The smallest absolute Gasteiger partial charge is 0.138 e. The first-order chi connectivity index (χ1) is 10.8. The lowest BCUT2D eigenvalue weighted by atomic mass is 9.69. The molecular weight excluding hydrogens is 270 g/mol. The van der Waals surface area contributed by atoms with Crippen molar-refractivity contribution in [2.24, 2.45) is 11.8 Å². The lowest BCUT2D eigenvalue weighted by Crippen LogP contribution is -2.38. The van der Waals surface area contributed by atoms with Crippen LogP contribution in [0, 0.1) is 18.8 Å². The number of ether oxygens (including phenoxy) is 1. The summed E-state index contributed by atoms with van der Waals surface area (Å²) >= 11 is 0. The van der Waals surface area contributed by atoms with Crippen molar-refractivity contribution in [3.05, 3.63) is 48.2 Å². The molecule has 0 saturated heterocycles. The second kappa shape index (κ2) is 5.75. The molecule has 0 unspecified atom stereocenters. The van der Waals surface area contributed by atoms with Gasteiger partial charge in [0.1, 0.15) is 11.9 Å². The van der Waals surface area contributed by atoms with Gasteiger partial charge in [-0.25, -0.2) is 0 Å². The minimum absolute atomic E-state index is 0.416. The first-order valence-corrected chi connectivity index (χ1v) is 8.48. The van der Waals surface area contributed by atoms with E-state index < -0.39 is 0 Å². The van der Waals surface area contributed by atoms with E-state index >= 15 is 0 Å². The SMILES string of the molecule is Cc1ccc(-c2ccc(O[C@@H]3CC4CCC3CC4)cn2)cc1. The highest BCUT2D eigenvalue weighted by atomic mass is 16.5. The van der Waals surface area contributed by atoms with Gasteiger partial charge in [-0.15, -0.1) is 0 Å². The number of nitrogens with zero attached hydrogens (tertiary/aromatic N) is 1. The minimum Gasteiger partial charge on any atom is -0.489 e. The lowest BCUT2D eigenvalue weighted by molar-refractivity contribution is 0.0199. The highest BCUT2D eigenvalue weighted by molar-refractivity contribution is 5.59. The van der Waals surface area contributed by atoms with Crippen LogP contribution >= 0.6 is 0 Å². The third-order valence-electron chi connectivity index (χ3n) is 5.35. The van der Waals surface area contributed by atoms with Gasteiger partial charge in [-0.3, -0.25) is 4.98 Å². The summed E-state index contributed by atoms with van der Waals surface area (Å²) in [6.45, 7) is 2.10. The maximum Gasteiger partial charge on any atom is 0.138 e. The molecule has 3 aliphatic rings. The van der Waals surface area contributed by atoms with Crippen molar-refractivity contribution in [2.75, 3.05) is 0 Å². The highest BCUT2D eigenvalue weighted by Crippen LogP contribution is 2.42. The van der Waals surface area contributed by atoms with Crippen LogP contribution < -0.4 is 4.74 Å². The van der Waals surface area contributed by atoms with E-state index in [9.17, 15) is 0 Å². The Morgan fingerprint density at radius 3 is 2.32 bits per heavy atom. The zero-order valence-corrected chi connectivity index (χ0v) is 13.2. The number of aromatic nitrogens is 1. The monoisotopic (exact) mass is 293 g/mol. The second-order valence-corrected chi connectivity index (χ2v) is 6.92. The van der Waals surface area contributed by atoms with Gasteiger partial charge in [0.2, 0.25) is 0 Å². The molecule has 3 aliphatic carbocycles.